The molecule has 0 aliphatic rings. The number of benzene rings is 2. The first-order valence-corrected chi connectivity index (χ1v) is 7.29. The lowest BCUT2D eigenvalue weighted by molar-refractivity contribution is -0.134. The number of hydrogen-bond donors (Lipinski definition) is 1. The molecule has 1 N–H and O–H groups in total. The van der Waals surface area contributed by atoms with Crippen molar-refractivity contribution < 1.29 is 9.53 Å². The third-order valence-corrected chi connectivity index (χ3v) is 3.52. The minimum atomic E-state index is -0.347. The van der Waals surface area contributed by atoms with E-state index in [4.69, 9.17) is 0 Å². The molecule has 0 aromatic heterocycles. The molecule has 22 heavy (non-hydrogen) atoms. The fourth-order valence-corrected chi connectivity index (χ4v) is 2.28. The standard InChI is InChI=1S/C19H21NO2/c1-15-8-6-7-11-17(15)18(12-13-19(21)22-2)20-14-16-9-4-3-5-10-16/h3-13,18,20H,14H2,1-2H3/b13-12+/t18-/m1/s1. The topological polar surface area (TPSA) is 38.3 Å². The fraction of sp³-hybridized carbons (Fsp3) is 0.211. The van der Waals surface area contributed by atoms with E-state index in [0.29, 0.717) is 0 Å². The van der Waals surface area contributed by atoms with Gasteiger partial charge in [-0.1, -0.05) is 60.7 Å². The van der Waals surface area contributed by atoms with Crippen molar-refractivity contribution in [2.45, 2.75) is 19.5 Å². The van der Waals surface area contributed by atoms with Gasteiger partial charge in [-0.15, -0.1) is 0 Å². The van der Waals surface area contributed by atoms with E-state index < -0.39 is 0 Å². The summed E-state index contributed by atoms with van der Waals surface area (Å²) in [6.07, 6.45) is 3.31. The van der Waals surface area contributed by atoms with Crippen molar-refractivity contribution in [1.82, 2.24) is 5.32 Å². The Morgan fingerprint density at radius 2 is 1.82 bits per heavy atom. The molecular weight excluding hydrogens is 274 g/mol. The lowest BCUT2D eigenvalue weighted by Gasteiger charge is -2.18. The molecule has 1 atom stereocenters. The van der Waals surface area contributed by atoms with Crippen LogP contribution in [0.15, 0.2) is 66.7 Å². The van der Waals surface area contributed by atoms with Gasteiger partial charge in [-0.25, -0.2) is 4.79 Å². The molecule has 0 amide bonds. The molecule has 3 heteroatoms. The molecular formula is C19H21NO2. The Kier molecular flexibility index (Phi) is 5.92. The lowest BCUT2D eigenvalue weighted by Crippen LogP contribution is -2.20. The van der Waals surface area contributed by atoms with Gasteiger partial charge in [0.25, 0.3) is 0 Å². The van der Waals surface area contributed by atoms with Crippen LogP contribution in [0.2, 0.25) is 0 Å². The number of ether oxygens (including phenoxy) is 1. The summed E-state index contributed by atoms with van der Waals surface area (Å²) in [6, 6.07) is 18.3. The summed E-state index contributed by atoms with van der Waals surface area (Å²) in [5.41, 5.74) is 3.54. The molecule has 0 saturated heterocycles. The predicted molar refractivity (Wildman–Crippen MR) is 88.4 cm³/mol. The molecule has 0 unspecified atom stereocenters. The van der Waals surface area contributed by atoms with Crippen LogP contribution in [0.4, 0.5) is 0 Å². The highest BCUT2D eigenvalue weighted by Gasteiger charge is 2.10. The summed E-state index contributed by atoms with van der Waals surface area (Å²) in [5.74, 6) is -0.347. The van der Waals surface area contributed by atoms with Gasteiger partial charge < -0.3 is 10.1 Å². The monoisotopic (exact) mass is 295 g/mol. The van der Waals surface area contributed by atoms with Gasteiger partial charge in [0, 0.05) is 12.6 Å². The summed E-state index contributed by atoms with van der Waals surface area (Å²) in [6.45, 7) is 2.80. The maximum atomic E-state index is 11.4. The van der Waals surface area contributed by atoms with E-state index in [-0.39, 0.29) is 12.0 Å². The highest BCUT2D eigenvalue weighted by atomic mass is 16.5. The van der Waals surface area contributed by atoms with Crippen LogP contribution in [0.1, 0.15) is 22.7 Å². The second kappa shape index (κ2) is 8.15. The van der Waals surface area contributed by atoms with Crippen molar-refractivity contribution >= 4 is 5.97 Å². The van der Waals surface area contributed by atoms with Gasteiger partial charge in [0.05, 0.1) is 13.2 Å². The molecule has 114 valence electrons. The van der Waals surface area contributed by atoms with Crippen molar-refractivity contribution in [2.24, 2.45) is 0 Å². The number of methoxy groups -OCH3 is 1. The Morgan fingerprint density at radius 1 is 1.14 bits per heavy atom. The quantitative estimate of drug-likeness (QED) is 0.654. The number of aryl methyl sites for hydroxylation is 1. The zero-order chi connectivity index (χ0) is 15.8. The van der Waals surface area contributed by atoms with Gasteiger partial charge in [-0.05, 0) is 23.6 Å². The average molecular weight is 295 g/mol. The Morgan fingerprint density at radius 3 is 2.50 bits per heavy atom. The zero-order valence-electron chi connectivity index (χ0n) is 13.0. The summed E-state index contributed by atoms with van der Waals surface area (Å²) in [4.78, 5) is 11.4. The van der Waals surface area contributed by atoms with E-state index in [1.54, 1.807) is 0 Å². The minimum Gasteiger partial charge on any atom is -0.466 e. The van der Waals surface area contributed by atoms with Crippen LogP contribution in [0, 0.1) is 6.92 Å². The first-order valence-electron chi connectivity index (χ1n) is 7.29. The number of rotatable bonds is 6. The average Bonchev–Trinajstić information content (AvgIpc) is 2.56. The molecule has 2 rings (SSSR count). The zero-order valence-corrected chi connectivity index (χ0v) is 13.0. The Balaban J connectivity index is 2.16. The van der Waals surface area contributed by atoms with Crippen LogP contribution >= 0.6 is 0 Å². The van der Waals surface area contributed by atoms with Gasteiger partial charge in [0.1, 0.15) is 0 Å². The van der Waals surface area contributed by atoms with E-state index in [2.05, 4.69) is 41.2 Å². The van der Waals surface area contributed by atoms with Crippen LogP contribution in [0.5, 0.6) is 0 Å². The van der Waals surface area contributed by atoms with Gasteiger partial charge in [-0.2, -0.15) is 0 Å². The normalized spacial score (nSPS) is 12.3. The van der Waals surface area contributed by atoms with Gasteiger partial charge in [0.2, 0.25) is 0 Å². The van der Waals surface area contributed by atoms with E-state index in [1.165, 1.54) is 24.3 Å². The lowest BCUT2D eigenvalue weighted by atomic mass is 10.0. The first-order chi connectivity index (χ1) is 10.7. The SMILES string of the molecule is COC(=O)/C=C/[C@@H](NCc1ccccc1)c1ccccc1C. The highest BCUT2D eigenvalue weighted by molar-refractivity contribution is 5.81. The van der Waals surface area contributed by atoms with Crippen LogP contribution in [-0.4, -0.2) is 13.1 Å². The van der Waals surface area contributed by atoms with Crippen molar-refractivity contribution in [3.05, 3.63) is 83.4 Å². The van der Waals surface area contributed by atoms with Crippen LogP contribution in [0.3, 0.4) is 0 Å². The van der Waals surface area contributed by atoms with Crippen LogP contribution < -0.4 is 5.32 Å². The molecule has 2 aromatic carbocycles. The highest BCUT2D eigenvalue weighted by Crippen LogP contribution is 2.19. The van der Waals surface area contributed by atoms with Gasteiger partial charge >= 0.3 is 5.97 Å². The van der Waals surface area contributed by atoms with Gasteiger partial charge in [-0.3, -0.25) is 0 Å². The van der Waals surface area contributed by atoms with E-state index in [1.807, 2.05) is 36.4 Å². The van der Waals surface area contributed by atoms with E-state index in [0.717, 1.165) is 12.1 Å². The van der Waals surface area contributed by atoms with Crippen molar-refractivity contribution in [1.29, 1.82) is 0 Å². The summed E-state index contributed by atoms with van der Waals surface area (Å²) in [7, 11) is 1.38. The maximum absolute atomic E-state index is 11.4. The molecule has 0 fully saturated rings. The molecule has 0 heterocycles. The fourth-order valence-electron chi connectivity index (χ4n) is 2.28. The molecule has 0 spiro atoms. The smallest absolute Gasteiger partial charge is 0.330 e. The predicted octanol–water partition coefficient (Wildman–Crippen LogP) is 3.56. The molecule has 2 aromatic rings. The number of carbonyl (C=O) groups excluding carboxylic acids is 1. The molecule has 0 bridgehead atoms. The molecule has 0 saturated carbocycles. The largest absolute Gasteiger partial charge is 0.466 e. The summed E-state index contributed by atoms with van der Waals surface area (Å²) >= 11 is 0. The molecule has 0 aliphatic carbocycles. The van der Waals surface area contributed by atoms with E-state index in [9.17, 15) is 4.79 Å². The Hall–Kier alpha value is -2.39. The Bertz CT molecular complexity index is 635. The Labute approximate surface area is 131 Å². The summed E-state index contributed by atoms with van der Waals surface area (Å²) in [5, 5.41) is 3.48. The number of nitrogens with one attached hydrogen (secondary N) is 1. The second-order valence-electron chi connectivity index (χ2n) is 5.08. The third-order valence-electron chi connectivity index (χ3n) is 3.52. The van der Waals surface area contributed by atoms with E-state index >= 15 is 0 Å². The minimum absolute atomic E-state index is 0.0412. The molecule has 3 nitrogen and oxygen atoms in total. The van der Waals surface area contributed by atoms with Gasteiger partial charge in [0.15, 0.2) is 0 Å². The maximum Gasteiger partial charge on any atom is 0.330 e. The molecule has 0 radical (unpaired) electrons. The van der Waals surface area contributed by atoms with Crippen LogP contribution in [-0.2, 0) is 16.1 Å². The third kappa shape index (κ3) is 4.57. The number of carbonyl (C=O) groups is 1. The number of hydrogen-bond acceptors (Lipinski definition) is 3. The summed E-state index contributed by atoms with van der Waals surface area (Å²) < 4.78 is 4.68. The van der Waals surface area contributed by atoms with Crippen LogP contribution in [0.25, 0.3) is 0 Å². The number of esters is 1. The van der Waals surface area contributed by atoms with Crippen molar-refractivity contribution in [2.75, 3.05) is 7.11 Å². The second-order valence-corrected chi connectivity index (χ2v) is 5.08. The first kappa shape index (κ1) is 16.0. The molecule has 0 aliphatic heterocycles. The van der Waals surface area contributed by atoms with Crippen molar-refractivity contribution in [3.8, 4) is 0 Å². The van der Waals surface area contributed by atoms with Crippen molar-refractivity contribution in [3.63, 3.8) is 0 Å².